The molecule has 1 aliphatic carbocycles. The van der Waals surface area contributed by atoms with Gasteiger partial charge < -0.3 is 5.73 Å². The van der Waals surface area contributed by atoms with Crippen molar-refractivity contribution in [1.82, 2.24) is 20.0 Å². The van der Waals surface area contributed by atoms with Crippen LogP contribution in [0.2, 0.25) is 0 Å². The van der Waals surface area contributed by atoms with Gasteiger partial charge in [-0.15, -0.1) is 10.2 Å². The van der Waals surface area contributed by atoms with Crippen LogP contribution in [0.5, 0.6) is 0 Å². The largest absolute Gasteiger partial charge is 0.374 e. The standard InChI is InChI=1S/C9H11N5S/c1-14-7(8-11-12-9(10)15-8)4-6(13-14)5-2-3-5/h4-5H,2-3H2,1H3,(H2,10,12). The summed E-state index contributed by atoms with van der Waals surface area (Å²) in [5.74, 6) is 0.662. The van der Waals surface area contributed by atoms with Crippen molar-refractivity contribution in [2.24, 2.45) is 7.05 Å². The predicted molar refractivity (Wildman–Crippen MR) is 58.5 cm³/mol. The molecule has 0 atom stereocenters. The summed E-state index contributed by atoms with van der Waals surface area (Å²) >= 11 is 1.40. The maximum Gasteiger partial charge on any atom is 0.203 e. The summed E-state index contributed by atoms with van der Waals surface area (Å²) in [7, 11) is 1.93. The minimum Gasteiger partial charge on any atom is -0.374 e. The van der Waals surface area contributed by atoms with Crippen LogP contribution in [0.1, 0.15) is 24.5 Å². The summed E-state index contributed by atoms with van der Waals surface area (Å²) in [5.41, 5.74) is 7.73. The number of rotatable bonds is 2. The average molecular weight is 221 g/mol. The van der Waals surface area contributed by atoms with Crippen molar-refractivity contribution in [1.29, 1.82) is 0 Å². The van der Waals surface area contributed by atoms with E-state index >= 15 is 0 Å². The van der Waals surface area contributed by atoms with Gasteiger partial charge in [0.05, 0.1) is 11.4 Å². The highest BCUT2D eigenvalue weighted by Gasteiger charge is 2.27. The van der Waals surface area contributed by atoms with Crippen LogP contribution >= 0.6 is 11.3 Å². The lowest BCUT2D eigenvalue weighted by Gasteiger charge is -1.93. The van der Waals surface area contributed by atoms with Gasteiger partial charge in [-0.05, 0) is 18.9 Å². The maximum absolute atomic E-state index is 5.56. The van der Waals surface area contributed by atoms with Crippen molar-refractivity contribution >= 4 is 16.5 Å². The molecule has 5 nitrogen and oxygen atoms in total. The zero-order chi connectivity index (χ0) is 10.4. The summed E-state index contributed by atoms with van der Waals surface area (Å²) in [6.45, 7) is 0. The summed E-state index contributed by atoms with van der Waals surface area (Å²) in [4.78, 5) is 0. The zero-order valence-corrected chi connectivity index (χ0v) is 9.16. The van der Waals surface area contributed by atoms with E-state index in [0.29, 0.717) is 11.0 Å². The number of aryl methyl sites for hydroxylation is 1. The zero-order valence-electron chi connectivity index (χ0n) is 8.34. The van der Waals surface area contributed by atoms with Crippen molar-refractivity contribution in [3.63, 3.8) is 0 Å². The highest BCUT2D eigenvalue weighted by Crippen LogP contribution is 2.40. The van der Waals surface area contributed by atoms with E-state index in [1.54, 1.807) is 0 Å². The van der Waals surface area contributed by atoms with E-state index in [-0.39, 0.29) is 0 Å². The smallest absolute Gasteiger partial charge is 0.203 e. The number of nitrogens with zero attached hydrogens (tertiary/aromatic N) is 4. The Kier molecular flexibility index (Phi) is 1.79. The molecule has 0 spiro atoms. The molecule has 2 heterocycles. The molecule has 6 heteroatoms. The molecule has 2 N–H and O–H groups in total. The Morgan fingerprint density at radius 2 is 2.27 bits per heavy atom. The van der Waals surface area contributed by atoms with Crippen molar-refractivity contribution in [3.8, 4) is 10.7 Å². The van der Waals surface area contributed by atoms with Gasteiger partial charge in [0.25, 0.3) is 0 Å². The molecule has 0 radical (unpaired) electrons. The van der Waals surface area contributed by atoms with Crippen molar-refractivity contribution in [3.05, 3.63) is 11.8 Å². The molecule has 1 aliphatic rings. The monoisotopic (exact) mass is 221 g/mol. The van der Waals surface area contributed by atoms with Crippen LogP contribution in [0, 0.1) is 0 Å². The van der Waals surface area contributed by atoms with Gasteiger partial charge in [0.15, 0.2) is 5.01 Å². The van der Waals surface area contributed by atoms with Gasteiger partial charge in [-0.2, -0.15) is 5.10 Å². The second kappa shape index (κ2) is 3.03. The fourth-order valence-corrected chi connectivity index (χ4v) is 2.26. The fraction of sp³-hybridized carbons (Fsp3) is 0.444. The predicted octanol–water partition coefficient (Wildman–Crippen LogP) is 1.40. The average Bonchev–Trinajstić information content (AvgIpc) is 2.86. The van der Waals surface area contributed by atoms with Crippen LogP contribution in [0.15, 0.2) is 6.07 Å². The van der Waals surface area contributed by atoms with Crippen LogP contribution in [0.25, 0.3) is 10.7 Å². The quantitative estimate of drug-likeness (QED) is 0.832. The summed E-state index contributed by atoms with van der Waals surface area (Å²) in [6, 6.07) is 2.09. The SMILES string of the molecule is Cn1nc(C2CC2)cc1-c1nnc(N)s1. The molecule has 2 aromatic rings. The first-order valence-electron chi connectivity index (χ1n) is 4.87. The van der Waals surface area contributed by atoms with E-state index in [1.807, 2.05) is 11.7 Å². The minimum atomic E-state index is 0.499. The molecule has 0 amide bonds. The topological polar surface area (TPSA) is 69.6 Å². The Morgan fingerprint density at radius 3 is 2.87 bits per heavy atom. The van der Waals surface area contributed by atoms with Gasteiger partial charge in [0.1, 0.15) is 0 Å². The number of anilines is 1. The second-order valence-electron chi connectivity index (χ2n) is 3.80. The van der Waals surface area contributed by atoms with Gasteiger partial charge in [0.2, 0.25) is 5.13 Å². The van der Waals surface area contributed by atoms with Crippen LogP contribution < -0.4 is 5.73 Å². The van der Waals surface area contributed by atoms with E-state index in [1.165, 1.54) is 29.9 Å². The van der Waals surface area contributed by atoms with E-state index in [4.69, 9.17) is 5.73 Å². The third kappa shape index (κ3) is 1.50. The summed E-state index contributed by atoms with van der Waals surface area (Å²) < 4.78 is 1.85. The van der Waals surface area contributed by atoms with Crippen molar-refractivity contribution in [2.75, 3.05) is 5.73 Å². The molecule has 3 rings (SSSR count). The molecule has 78 valence electrons. The number of nitrogen functional groups attached to an aromatic ring is 1. The van der Waals surface area contributed by atoms with E-state index in [9.17, 15) is 0 Å². The molecule has 0 unspecified atom stereocenters. The van der Waals surface area contributed by atoms with Crippen molar-refractivity contribution in [2.45, 2.75) is 18.8 Å². The molecule has 15 heavy (non-hydrogen) atoms. The van der Waals surface area contributed by atoms with E-state index in [0.717, 1.165) is 10.7 Å². The number of aromatic nitrogens is 4. The highest BCUT2D eigenvalue weighted by atomic mass is 32.1. The lowest BCUT2D eigenvalue weighted by atomic mass is 10.3. The minimum absolute atomic E-state index is 0.499. The van der Waals surface area contributed by atoms with Crippen LogP contribution in [-0.4, -0.2) is 20.0 Å². The van der Waals surface area contributed by atoms with E-state index in [2.05, 4.69) is 21.4 Å². The molecule has 0 aliphatic heterocycles. The number of hydrogen-bond donors (Lipinski definition) is 1. The third-order valence-electron chi connectivity index (χ3n) is 2.55. The number of nitrogens with two attached hydrogens (primary N) is 1. The van der Waals surface area contributed by atoms with E-state index < -0.39 is 0 Å². The van der Waals surface area contributed by atoms with Crippen LogP contribution in [0.4, 0.5) is 5.13 Å². The molecule has 1 saturated carbocycles. The summed E-state index contributed by atoms with van der Waals surface area (Å²) in [5, 5.41) is 13.6. The van der Waals surface area contributed by atoms with Gasteiger partial charge in [-0.1, -0.05) is 11.3 Å². The molecule has 0 aromatic carbocycles. The Hall–Kier alpha value is -1.43. The molecule has 0 saturated heterocycles. The normalized spacial score (nSPS) is 15.8. The molecular weight excluding hydrogens is 210 g/mol. The van der Waals surface area contributed by atoms with Gasteiger partial charge in [0, 0.05) is 13.0 Å². The maximum atomic E-state index is 5.56. The molecule has 0 bridgehead atoms. The highest BCUT2D eigenvalue weighted by molar-refractivity contribution is 7.18. The van der Waals surface area contributed by atoms with Gasteiger partial charge >= 0.3 is 0 Å². The molecule has 1 fully saturated rings. The second-order valence-corrected chi connectivity index (χ2v) is 4.81. The lowest BCUT2D eigenvalue weighted by Crippen LogP contribution is -1.93. The van der Waals surface area contributed by atoms with Crippen LogP contribution in [-0.2, 0) is 7.05 Å². The van der Waals surface area contributed by atoms with Gasteiger partial charge in [-0.25, -0.2) is 0 Å². The first-order valence-corrected chi connectivity index (χ1v) is 5.69. The number of hydrogen-bond acceptors (Lipinski definition) is 5. The first kappa shape index (κ1) is 8.84. The Morgan fingerprint density at radius 1 is 1.47 bits per heavy atom. The fourth-order valence-electron chi connectivity index (χ4n) is 1.61. The first-order chi connectivity index (χ1) is 7.24. The Bertz CT molecular complexity index is 496. The molecular formula is C9H11N5S. The Balaban J connectivity index is 2.03. The Labute approximate surface area is 90.9 Å². The summed E-state index contributed by atoms with van der Waals surface area (Å²) in [6.07, 6.45) is 2.52. The van der Waals surface area contributed by atoms with Gasteiger partial charge in [-0.3, -0.25) is 4.68 Å². The lowest BCUT2D eigenvalue weighted by molar-refractivity contribution is 0.749. The van der Waals surface area contributed by atoms with Crippen LogP contribution in [0.3, 0.4) is 0 Å². The third-order valence-corrected chi connectivity index (χ3v) is 3.33. The molecule has 2 aromatic heterocycles. The van der Waals surface area contributed by atoms with Crippen molar-refractivity contribution < 1.29 is 0 Å².